The Hall–Kier alpha value is -1.88. The first-order valence-electron chi connectivity index (χ1n) is 5.50. The number of halogens is 5. The van der Waals surface area contributed by atoms with Crippen LogP contribution in [0.3, 0.4) is 0 Å². The Bertz CT molecular complexity index is 662. The van der Waals surface area contributed by atoms with Crippen LogP contribution in [0.15, 0.2) is 30.3 Å². The molecule has 0 fully saturated rings. The molecule has 104 valence electrons. The number of hydrogen-bond donors (Lipinski definition) is 0. The number of benzene rings is 2. The summed E-state index contributed by atoms with van der Waals surface area (Å²) < 4.78 is 52.5. The summed E-state index contributed by atoms with van der Waals surface area (Å²) in [5.41, 5.74) is -0.531. The lowest BCUT2D eigenvalue weighted by Crippen LogP contribution is -2.10. The SMILES string of the molecule is O=C(Cc1ccc(F)c(Cl)c1)c1c(F)cc(F)cc1F. The monoisotopic (exact) mass is 302 g/mol. The van der Waals surface area contributed by atoms with Crippen molar-refractivity contribution in [1.29, 1.82) is 0 Å². The Labute approximate surface area is 116 Å². The van der Waals surface area contributed by atoms with Gasteiger partial charge in [-0.15, -0.1) is 0 Å². The molecule has 0 atom stereocenters. The molecule has 0 N–H and O–H groups in total. The molecule has 0 spiro atoms. The maximum Gasteiger partial charge on any atom is 0.173 e. The summed E-state index contributed by atoms with van der Waals surface area (Å²) in [5, 5.41) is -0.199. The fourth-order valence-electron chi connectivity index (χ4n) is 1.73. The molecule has 0 bridgehead atoms. The van der Waals surface area contributed by atoms with Crippen molar-refractivity contribution in [3.63, 3.8) is 0 Å². The van der Waals surface area contributed by atoms with Crippen molar-refractivity contribution < 1.29 is 22.4 Å². The minimum atomic E-state index is -1.28. The van der Waals surface area contributed by atoms with E-state index in [1.54, 1.807) is 0 Å². The van der Waals surface area contributed by atoms with E-state index in [4.69, 9.17) is 11.6 Å². The molecule has 20 heavy (non-hydrogen) atoms. The Kier molecular flexibility index (Phi) is 4.09. The van der Waals surface area contributed by atoms with Gasteiger partial charge < -0.3 is 0 Å². The topological polar surface area (TPSA) is 17.1 Å². The third kappa shape index (κ3) is 2.99. The van der Waals surface area contributed by atoms with Crippen molar-refractivity contribution in [3.8, 4) is 0 Å². The third-order valence-corrected chi connectivity index (χ3v) is 2.92. The summed E-state index contributed by atoms with van der Waals surface area (Å²) >= 11 is 5.54. The standard InChI is InChI=1S/C14H7ClF4O/c15-9-3-7(1-2-10(9)17)4-13(20)14-11(18)5-8(16)6-12(14)19/h1-3,5-6H,4H2. The van der Waals surface area contributed by atoms with Gasteiger partial charge in [-0.05, 0) is 17.7 Å². The van der Waals surface area contributed by atoms with Gasteiger partial charge in [0.05, 0.1) is 10.6 Å². The van der Waals surface area contributed by atoms with Crippen LogP contribution in [0.25, 0.3) is 0 Å². The first-order chi connectivity index (χ1) is 9.38. The van der Waals surface area contributed by atoms with Crippen LogP contribution in [-0.2, 0) is 6.42 Å². The van der Waals surface area contributed by atoms with E-state index in [0.29, 0.717) is 17.7 Å². The molecular formula is C14H7ClF4O. The average molecular weight is 303 g/mol. The van der Waals surface area contributed by atoms with E-state index in [9.17, 15) is 22.4 Å². The van der Waals surface area contributed by atoms with Gasteiger partial charge in [0.15, 0.2) is 5.78 Å². The molecule has 6 heteroatoms. The van der Waals surface area contributed by atoms with E-state index in [1.807, 2.05) is 0 Å². The quantitative estimate of drug-likeness (QED) is 0.609. The summed E-state index contributed by atoms with van der Waals surface area (Å²) in [4.78, 5) is 11.8. The normalized spacial score (nSPS) is 10.7. The first-order valence-corrected chi connectivity index (χ1v) is 5.88. The molecule has 0 saturated carbocycles. The van der Waals surface area contributed by atoms with Crippen molar-refractivity contribution in [2.24, 2.45) is 0 Å². The smallest absolute Gasteiger partial charge is 0.173 e. The van der Waals surface area contributed by atoms with Crippen LogP contribution in [0.1, 0.15) is 15.9 Å². The zero-order valence-electron chi connectivity index (χ0n) is 9.89. The predicted molar refractivity (Wildman–Crippen MR) is 65.8 cm³/mol. The highest BCUT2D eigenvalue weighted by atomic mass is 35.5. The maximum atomic E-state index is 13.4. The Morgan fingerprint density at radius 1 is 0.950 bits per heavy atom. The van der Waals surface area contributed by atoms with E-state index in [0.717, 1.165) is 6.07 Å². The van der Waals surface area contributed by atoms with Crippen molar-refractivity contribution in [1.82, 2.24) is 0 Å². The van der Waals surface area contributed by atoms with Gasteiger partial charge in [0, 0.05) is 18.6 Å². The van der Waals surface area contributed by atoms with Crippen molar-refractivity contribution >= 4 is 17.4 Å². The van der Waals surface area contributed by atoms with Crippen LogP contribution in [0.5, 0.6) is 0 Å². The van der Waals surface area contributed by atoms with Crippen LogP contribution >= 0.6 is 11.6 Å². The van der Waals surface area contributed by atoms with E-state index < -0.39 is 34.6 Å². The van der Waals surface area contributed by atoms with Gasteiger partial charge in [-0.25, -0.2) is 17.6 Å². The molecule has 0 aromatic heterocycles. The van der Waals surface area contributed by atoms with Crippen LogP contribution in [0, 0.1) is 23.3 Å². The number of Topliss-reactive ketones (excluding diaryl/α,β-unsaturated/α-hetero) is 1. The lowest BCUT2D eigenvalue weighted by molar-refractivity contribution is 0.0984. The highest BCUT2D eigenvalue weighted by molar-refractivity contribution is 6.30. The zero-order valence-corrected chi connectivity index (χ0v) is 10.6. The van der Waals surface area contributed by atoms with Gasteiger partial charge in [-0.1, -0.05) is 17.7 Å². The van der Waals surface area contributed by atoms with Crippen LogP contribution in [0.2, 0.25) is 5.02 Å². The van der Waals surface area contributed by atoms with Crippen LogP contribution in [0.4, 0.5) is 17.6 Å². The average Bonchev–Trinajstić information content (AvgIpc) is 2.32. The van der Waals surface area contributed by atoms with Crippen molar-refractivity contribution in [2.45, 2.75) is 6.42 Å². The molecule has 2 aromatic carbocycles. The summed E-state index contributed by atoms with van der Waals surface area (Å²) in [6.45, 7) is 0. The highest BCUT2D eigenvalue weighted by Crippen LogP contribution is 2.20. The molecule has 0 unspecified atom stereocenters. The lowest BCUT2D eigenvalue weighted by Gasteiger charge is -2.05. The number of ketones is 1. The van der Waals surface area contributed by atoms with Crippen LogP contribution in [-0.4, -0.2) is 5.78 Å². The summed E-state index contributed by atoms with van der Waals surface area (Å²) in [5.74, 6) is -5.22. The number of rotatable bonds is 3. The molecule has 1 nitrogen and oxygen atoms in total. The minimum Gasteiger partial charge on any atom is -0.294 e. The summed E-state index contributed by atoms with van der Waals surface area (Å²) in [7, 11) is 0. The fraction of sp³-hybridized carbons (Fsp3) is 0.0714. The third-order valence-electron chi connectivity index (χ3n) is 2.63. The van der Waals surface area contributed by atoms with Gasteiger partial charge >= 0.3 is 0 Å². The second-order valence-corrected chi connectivity index (χ2v) is 4.50. The molecule has 2 aromatic rings. The number of carbonyl (C=O) groups is 1. The van der Waals surface area contributed by atoms with Crippen molar-refractivity contribution in [3.05, 3.63) is 69.8 Å². The molecule has 0 aliphatic rings. The molecule has 0 saturated heterocycles. The Morgan fingerprint density at radius 3 is 2.10 bits per heavy atom. The summed E-state index contributed by atoms with van der Waals surface area (Å²) in [6, 6.07) is 4.36. The van der Waals surface area contributed by atoms with Gasteiger partial charge in [0.25, 0.3) is 0 Å². The molecule has 0 amide bonds. The largest absolute Gasteiger partial charge is 0.294 e. The highest BCUT2D eigenvalue weighted by Gasteiger charge is 2.19. The molecule has 0 radical (unpaired) electrons. The molecule has 0 aliphatic heterocycles. The lowest BCUT2D eigenvalue weighted by atomic mass is 10.0. The maximum absolute atomic E-state index is 13.4. The Balaban J connectivity index is 2.31. The van der Waals surface area contributed by atoms with E-state index in [2.05, 4.69) is 0 Å². The second-order valence-electron chi connectivity index (χ2n) is 4.09. The molecular weight excluding hydrogens is 296 g/mol. The number of hydrogen-bond acceptors (Lipinski definition) is 1. The van der Waals surface area contributed by atoms with Crippen molar-refractivity contribution in [2.75, 3.05) is 0 Å². The van der Waals surface area contributed by atoms with Crippen LogP contribution < -0.4 is 0 Å². The summed E-state index contributed by atoms with van der Waals surface area (Å²) in [6.07, 6.45) is -0.376. The van der Waals surface area contributed by atoms with Gasteiger partial charge in [0.1, 0.15) is 23.3 Å². The van der Waals surface area contributed by atoms with Gasteiger partial charge in [-0.3, -0.25) is 4.79 Å². The fourth-order valence-corrected chi connectivity index (χ4v) is 1.94. The van der Waals surface area contributed by atoms with E-state index in [1.165, 1.54) is 12.1 Å². The predicted octanol–water partition coefficient (Wildman–Crippen LogP) is 4.32. The number of carbonyl (C=O) groups excluding carboxylic acids is 1. The van der Waals surface area contributed by atoms with Gasteiger partial charge in [0.2, 0.25) is 0 Å². The second kappa shape index (κ2) is 5.63. The van der Waals surface area contributed by atoms with E-state index >= 15 is 0 Å². The minimum absolute atomic E-state index is 0.199. The molecule has 0 heterocycles. The van der Waals surface area contributed by atoms with E-state index in [-0.39, 0.29) is 11.4 Å². The first kappa shape index (κ1) is 14.5. The molecule has 0 aliphatic carbocycles. The Morgan fingerprint density at radius 2 is 1.55 bits per heavy atom. The zero-order chi connectivity index (χ0) is 14.9. The van der Waals surface area contributed by atoms with Gasteiger partial charge in [-0.2, -0.15) is 0 Å². The molecule has 2 rings (SSSR count).